The van der Waals surface area contributed by atoms with E-state index in [1.807, 2.05) is 6.92 Å². The molecule has 8 heteroatoms. The number of rotatable bonds is 11. The van der Waals surface area contributed by atoms with Gasteiger partial charge in [-0.1, -0.05) is 26.3 Å². The van der Waals surface area contributed by atoms with Crippen LogP contribution in [0, 0.1) is 0 Å². The highest BCUT2D eigenvalue weighted by Crippen LogP contribution is 2.25. The molecule has 0 bridgehead atoms. The number of esters is 1. The van der Waals surface area contributed by atoms with E-state index in [1.165, 1.54) is 23.5 Å². The second kappa shape index (κ2) is 10.9. The SMILES string of the molecule is CCCCOC(=O)[C@@H](CC)N(Cc1cccnc1)S(=O)(=O)c1ccc(OC)cc1. The van der Waals surface area contributed by atoms with Crippen molar-refractivity contribution in [2.75, 3.05) is 13.7 Å². The molecule has 0 fully saturated rings. The first-order chi connectivity index (χ1) is 13.9. The number of ether oxygens (including phenoxy) is 2. The molecule has 29 heavy (non-hydrogen) atoms. The monoisotopic (exact) mass is 420 g/mol. The summed E-state index contributed by atoms with van der Waals surface area (Å²) in [6.07, 6.45) is 5.11. The zero-order chi connectivity index (χ0) is 21.3. The van der Waals surface area contributed by atoms with Crippen molar-refractivity contribution in [3.8, 4) is 5.75 Å². The summed E-state index contributed by atoms with van der Waals surface area (Å²) in [6, 6.07) is 8.68. The maximum absolute atomic E-state index is 13.4. The molecule has 0 saturated heterocycles. The van der Waals surface area contributed by atoms with Gasteiger partial charge in [-0.15, -0.1) is 0 Å². The minimum atomic E-state index is -3.96. The zero-order valence-electron chi connectivity index (χ0n) is 17.1. The Morgan fingerprint density at radius 2 is 1.90 bits per heavy atom. The minimum Gasteiger partial charge on any atom is -0.497 e. The van der Waals surface area contributed by atoms with Gasteiger partial charge in [0.15, 0.2) is 0 Å². The molecular formula is C21H28N2O5S. The normalized spacial score (nSPS) is 12.6. The number of sulfonamides is 1. The predicted octanol–water partition coefficient (Wildman–Crippen LogP) is 3.40. The maximum Gasteiger partial charge on any atom is 0.324 e. The quantitative estimate of drug-likeness (QED) is 0.409. The minimum absolute atomic E-state index is 0.0174. The number of methoxy groups -OCH3 is 1. The van der Waals surface area contributed by atoms with Crippen molar-refractivity contribution in [3.05, 3.63) is 54.4 Å². The summed E-state index contributed by atoms with van der Waals surface area (Å²) in [5.74, 6) is 0.00991. The number of benzene rings is 1. The van der Waals surface area contributed by atoms with E-state index in [0.717, 1.165) is 12.8 Å². The number of hydrogen-bond donors (Lipinski definition) is 0. The van der Waals surface area contributed by atoms with E-state index >= 15 is 0 Å². The van der Waals surface area contributed by atoms with Gasteiger partial charge in [-0.3, -0.25) is 9.78 Å². The Balaban J connectivity index is 2.40. The number of carbonyl (C=O) groups excluding carboxylic acids is 1. The van der Waals surface area contributed by atoms with E-state index in [2.05, 4.69) is 4.98 Å². The number of carbonyl (C=O) groups is 1. The molecule has 0 spiro atoms. The van der Waals surface area contributed by atoms with Crippen LogP contribution < -0.4 is 4.74 Å². The molecule has 0 saturated carbocycles. The number of pyridine rings is 1. The van der Waals surface area contributed by atoms with E-state index in [9.17, 15) is 13.2 Å². The smallest absolute Gasteiger partial charge is 0.324 e. The molecule has 1 aromatic carbocycles. The number of aromatic nitrogens is 1. The fourth-order valence-corrected chi connectivity index (χ4v) is 4.46. The zero-order valence-corrected chi connectivity index (χ0v) is 17.9. The molecule has 0 aliphatic carbocycles. The fourth-order valence-electron chi connectivity index (χ4n) is 2.82. The molecule has 7 nitrogen and oxygen atoms in total. The summed E-state index contributed by atoms with van der Waals surface area (Å²) in [7, 11) is -2.45. The first-order valence-corrected chi connectivity index (χ1v) is 11.1. The second-order valence-electron chi connectivity index (χ2n) is 6.53. The van der Waals surface area contributed by atoms with Crippen LogP contribution in [0.3, 0.4) is 0 Å². The van der Waals surface area contributed by atoms with Crippen LogP contribution >= 0.6 is 0 Å². The molecule has 158 valence electrons. The Kier molecular flexibility index (Phi) is 8.60. The van der Waals surface area contributed by atoms with Crippen molar-refractivity contribution >= 4 is 16.0 Å². The lowest BCUT2D eigenvalue weighted by Gasteiger charge is -2.29. The highest BCUT2D eigenvalue weighted by Gasteiger charge is 2.36. The summed E-state index contributed by atoms with van der Waals surface area (Å²) in [4.78, 5) is 16.8. The van der Waals surface area contributed by atoms with E-state index in [4.69, 9.17) is 9.47 Å². The van der Waals surface area contributed by atoms with Crippen molar-refractivity contribution in [2.24, 2.45) is 0 Å². The standard InChI is InChI=1S/C21H28N2O5S/c1-4-6-14-28-21(24)20(5-2)23(16-17-8-7-13-22-15-17)29(25,26)19-11-9-18(27-3)10-12-19/h7-13,15,20H,4-6,14,16H2,1-3H3/t20-/m1/s1. The highest BCUT2D eigenvalue weighted by atomic mass is 32.2. The summed E-state index contributed by atoms with van der Waals surface area (Å²) in [5, 5.41) is 0. The van der Waals surface area contributed by atoms with Gasteiger partial charge in [0, 0.05) is 18.9 Å². The van der Waals surface area contributed by atoms with E-state index in [1.54, 1.807) is 43.6 Å². The Hall–Kier alpha value is -2.45. The van der Waals surface area contributed by atoms with Crippen LogP contribution in [0.4, 0.5) is 0 Å². The summed E-state index contributed by atoms with van der Waals surface area (Å²) in [6.45, 7) is 4.05. The van der Waals surface area contributed by atoms with Gasteiger partial charge in [-0.25, -0.2) is 8.42 Å². The first kappa shape index (κ1) is 22.8. The van der Waals surface area contributed by atoms with Crippen LogP contribution in [0.2, 0.25) is 0 Å². The maximum atomic E-state index is 13.4. The molecule has 1 heterocycles. The van der Waals surface area contributed by atoms with Gasteiger partial charge in [-0.05, 0) is 48.7 Å². The van der Waals surface area contributed by atoms with Gasteiger partial charge in [0.2, 0.25) is 10.0 Å². The molecular weight excluding hydrogens is 392 g/mol. The summed E-state index contributed by atoms with van der Waals surface area (Å²) < 4.78 is 38.5. The van der Waals surface area contributed by atoms with E-state index in [-0.39, 0.29) is 18.0 Å². The fraction of sp³-hybridized carbons (Fsp3) is 0.429. The number of hydrogen-bond acceptors (Lipinski definition) is 6. The van der Waals surface area contributed by atoms with E-state index in [0.29, 0.717) is 17.7 Å². The predicted molar refractivity (Wildman–Crippen MR) is 110 cm³/mol. The third-order valence-electron chi connectivity index (χ3n) is 4.48. The Morgan fingerprint density at radius 3 is 2.45 bits per heavy atom. The van der Waals surface area contributed by atoms with Gasteiger partial charge >= 0.3 is 5.97 Å². The number of unbranched alkanes of at least 4 members (excludes halogenated alkanes) is 1. The topological polar surface area (TPSA) is 85.8 Å². The molecule has 0 amide bonds. The second-order valence-corrected chi connectivity index (χ2v) is 8.42. The van der Waals surface area contributed by atoms with Crippen LogP contribution in [0.5, 0.6) is 5.75 Å². The number of nitrogens with zero attached hydrogens (tertiary/aromatic N) is 2. The van der Waals surface area contributed by atoms with Crippen molar-refractivity contribution in [1.82, 2.24) is 9.29 Å². The molecule has 0 radical (unpaired) electrons. The molecule has 2 rings (SSSR count). The van der Waals surface area contributed by atoms with Crippen molar-refractivity contribution < 1.29 is 22.7 Å². The average molecular weight is 421 g/mol. The van der Waals surface area contributed by atoms with Crippen LogP contribution in [-0.2, 0) is 26.1 Å². The van der Waals surface area contributed by atoms with Crippen molar-refractivity contribution in [3.63, 3.8) is 0 Å². The third-order valence-corrected chi connectivity index (χ3v) is 6.34. The van der Waals surface area contributed by atoms with Crippen molar-refractivity contribution in [1.29, 1.82) is 0 Å². The van der Waals surface area contributed by atoms with Crippen molar-refractivity contribution in [2.45, 2.75) is 50.6 Å². The van der Waals surface area contributed by atoms with Gasteiger partial charge in [0.05, 0.1) is 18.6 Å². The Morgan fingerprint density at radius 1 is 1.17 bits per heavy atom. The third kappa shape index (κ3) is 6.01. The van der Waals surface area contributed by atoms with Crippen LogP contribution in [-0.4, -0.2) is 43.4 Å². The highest BCUT2D eigenvalue weighted by molar-refractivity contribution is 7.89. The Bertz CT molecular complexity index is 870. The molecule has 0 N–H and O–H groups in total. The largest absolute Gasteiger partial charge is 0.497 e. The lowest BCUT2D eigenvalue weighted by Crippen LogP contribution is -2.45. The lowest BCUT2D eigenvalue weighted by atomic mass is 10.2. The Labute approximate surface area is 172 Å². The molecule has 0 aliphatic heterocycles. The molecule has 1 atom stereocenters. The summed E-state index contributed by atoms with van der Waals surface area (Å²) in [5.41, 5.74) is 0.685. The molecule has 0 aliphatic rings. The average Bonchev–Trinajstić information content (AvgIpc) is 2.74. The van der Waals surface area contributed by atoms with Gasteiger partial charge in [-0.2, -0.15) is 4.31 Å². The van der Waals surface area contributed by atoms with Crippen LogP contribution in [0.15, 0.2) is 53.7 Å². The molecule has 1 aromatic heterocycles. The molecule has 0 unspecified atom stereocenters. The van der Waals surface area contributed by atoms with E-state index < -0.39 is 22.0 Å². The van der Waals surface area contributed by atoms with Crippen LogP contribution in [0.1, 0.15) is 38.7 Å². The first-order valence-electron chi connectivity index (χ1n) is 9.65. The lowest BCUT2D eigenvalue weighted by molar-refractivity contribution is -0.148. The summed E-state index contributed by atoms with van der Waals surface area (Å²) >= 11 is 0. The molecule has 2 aromatic rings. The van der Waals surface area contributed by atoms with Gasteiger partial charge < -0.3 is 9.47 Å². The van der Waals surface area contributed by atoms with Crippen LogP contribution in [0.25, 0.3) is 0 Å². The van der Waals surface area contributed by atoms with Gasteiger partial charge in [0.1, 0.15) is 11.8 Å². The van der Waals surface area contributed by atoms with Gasteiger partial charge in [0.25, 0.3) is 0 Å².